The summed E-state index contributed by atoms with van der Waals surface area (Å²) in [5.41, 5.74) is 1.31. The van der Waals surface area contributed by atoms with Gasteiger partial charge in [0.15, 0.2) is 23.0 Å². The molecule has 5 rings (SSSR count). The Kier molecular flexibility index (Phi) is 5.43. The number of ether oxygens (including phenoxy) is 2. The van der Waals surface area contributed by atoms with E-state index < -0.39 is 17.5 Å². The summed E-state index contributed by atoms with van der Waals surface area (Å²) in [6.07, 6.45) is 0.204. The zero-order chi connectivity index (χ0) is 22.8. The minimum Gasteiger partial charge on any atom is -0.454 e. The number of amides is 1. The van der Waals surface area contributed by atoms with E-state index in [1.54, 1.807) is 12.1 Å². The number of fused-ring (bicyclic) bond motifs is 2. The number of carbonyl (C=O) groups is 1. The van der Waals surface area contributed by atoms with Gasteiger partial charge in [0.1, 0.15) is 17.5 Å². The van der Waals surface area contributed by atoms with Crippen LogP contribution in [-0.2, 0) is 17.8 Å². The van der Waals surface area contributed by atoms with E-state index in [1.165, 1.54) is 4.52 Å². The Bertz CT molecular complexity index is 1340. The highest BCUT2D eigenvalue weighted by molar-refractivity contribution is 5.90. The van der Waals surface area contributed by atoms with Crippen molar-refractivity contribution in [2.24, 2.45) is 0 Å². The molecule has 2 aromatic heterocycles. The van der Waals surface area contributed by atoms with Gasteiger partial charge >= 0.3 is 0 Å². The third-order valence-electron chi connectivity index (χ3n) is 5.02. The van der Waals surface area contributed by atoms with Gasteiger partial charge in [0.25, 0.3) is 0 Å². The van der Waals surface area contributed by atoms with E-state index in [9.17, 15) is 13.6 Å². The lowest BCUT2D eigenvalue weighted by Gasteiger charge is -2.08. The molecule has 0 fully saturated rings. The van der Waals surface area contributed by atoms with Gasteiger partial charge in [-0.3, -0.25) is 4.79 Å². The molecule has 0 radical (unpaired) electrons. The van der Waals surface area contributed by atoms with Crippen molar-refractivity contribution in [2.75, 3.05) is 17.4 Å². The maximum Gasteiger partial charge on any atom is 0.231 e. The zero-order valence-corrected chi connectivity index (χ0v) is 17.2. The summed E-state index contributed by atoms with van der Waals surface area (Å²) >= 11 is 0. The summed E-state index contributed by atoms with van der Waals surface area (Å²) in [6.45, 7) is 0.726. The van der Waals surface area contributed by atoms with Crippen LogP contribution in [0, 0.1) is 11.6 Å². The maximum absolute atomic E-state index is 13.7. The lowest BCUT2D eigenvalue weighted by molar-refractivity contribution is -0.116. The van der Waals surface area contributed by atoms with E-state index in [2.05, 4.69) is 25.9 Å². The van der Waals surface area contributed by atoms with Crippen molar-refractivity contribution in [2.45, 2.75) is 19.4 Å². The zero-order valence-electron chi connectivity index (χ0n) is 17.2. The molecule has 4 aromatic rings. The highest BCUT2D eigenvalue weighted by atomic mass is 19.1. The number of hydrogen-bond donors (Lipinski definition) is 2. The van der Waals surface area contributed by atoms with Gasteiger partial charge in [-0.1, -0.05) is 6.07 Å². The van der Waals surface area contributed by atoms with Crippen molar-refractivity contribution in [3.8, 4) is 11.5 Å². The van der Waals surface area contributed by atoms with Crippen molar-refractivity contribution in [1.82, 2.24) is 19.8 Å². The molecule has 0 unspecified atom stereocenters. The predicted molar refractivity (Wildman–Crippen MR) is 114 cm³/mol. The van der Waals surface area contributed by atoms with Crippen LogP contribution < -0.4 is 20.1 Å². The summed E-state index contributed by atoms with van der Waals surface area (Å²) in [4.78, 5) is 12.2. The molecule has 1 aliphatic heterocycles. The van der Waals surface area contributed by atoms with Crippen LogP contribution in [0.3, 0.4) is 0 Å². The number of rotatable bonds is 7. The number of aromatic nitrogens is 4. The van der Waals surface area contributed by atoms with E-state index in [1.807, 2.05) is 18.2 Å². The molecule has 0 saturated carbocycles. The van der Waals surface area contributed by atoms with Crippen molar-refractivity contribution < 1.29 is 23.0 Å². The SMILES string of the molecule is O=C(CCc1nnc2ccc(NCc3ccc4c(c3)OCO4)nn12)Nc1cc(F)ccc1F. The van der Waals surface area contributed by atoms with Crippen LogP contribution in [0.1, 0.15) is 17.8 Å². The van der Waals surface area contributed by atoms with E-state index >= 15 is 0 Å². The van der Waals surface area contributed by atoms with Gasteiger partial charge in [-0.05, 0) is 42.0 Å². The molecule has 1 amide bonds. The second-order valence-corrected chi connectivity index (χ2v) is 7.32. The average Bonchev–Trinajstić information content (AvgIpc) is 3.45. The summed E-state index contributed by atoms with van der Waals surface area (Å²) in [7, 11) is 0. The maximum atomic E-state index is 13.7. The summed E-state index contributed by atoms with van der Waals surface area (Å²) in [5.74, 6) is 0.650. The fraction of sp³-hybridized carbons (Fsp3) is 0.182. The Balaban J connectivity index is 1.23. The highest BCUT2D eigenvalue weighted by Gasteiger charge is 2.14. The first-order valence-corrected chi connectivity index (χ1v) is 10.1. The molecular weight excluding hydrogens is 434 g/mol. The molecule has 168 valence electrons. The fourth-order valence-electron chi connectivity index (χ4n) is 3.36. The van der Waals surface area contributed by atoms with E-state index in [-0.39, 0.29) is 25.3 Å². The number of carbonyl (C=O) groups excluding carboxylic acids is 1. The lowest BCUT2D eigenvalue weighted by Crippen LogP contribution is -2.15. The summed E-state index contributed by atoms with van der Waals surface area (Å²) < 4.78 is 39.3. The molecule has 2 N–H and O–H groups in total. The first-order valence-electron chi connectivity index (χ1n) is 10.1. The smallest absolute Gasteiger partial charge is 0.231 e. The monoisotopic (exact) mass is 452 g/mol. The number of aryl methyl sites for hydroxylation is 1. The average molecular weight is 452 g/mol. The Morgan fingerprint density at radius 1 is 1.03 bits per heavy atom. The Morgan fingerprint density at radius 2 is 1.91 bits per heavy atom. The van der Waals surface area contributed by atoms with Crippen LogP contribution in [0.15, 0.2) is 48.5 Å². The van der Waals surface area contributed by atoms with Crippen molar-refractivity contribution in [1.29, 1.82) is 0 Å². The Morgan fingerprint density at radius 3 is 2.82 bits per heavy atom. The highest BCUT2D eigenvalue weighted by Crippen LogP contribution is 2.32. The van der Waals surface area contributed by atoms with Gasteiger partial charge in [0.05, 0.1) is 5.69 Å². The number of nitrogens with zero attached hydrogens (tertiary/aromatic N) is 4. The quantitative estimate of drug-likeness (QED) is 0.444. The third kappa shape index (κ3) is 4.52. The normalized spacial score (nSPS) is 12.2. The second-order valence-electron chi connectivity index (χ2n) is 7.32. The topological polar surface area (TPSA) is 103 Å². The molecular formula is C22H18F2N6O3. The molecule has 33 heavy (non-hydrogen) atoms. The van der Waals surface area contributed by atoms with Crippen LogP contribution in [0.25, 0.3) is 5.65 Å². The van der Waals surface area contributed by atoms with Gasteiger partial charge in [-0.25, -0.2) is 8.78 Å². The van der Waals surface area contributed by atoms with Gasteiger partial charge < -0.3 is 20.1 Å². The van der Waals surface area contributed by atoms with Gasteiger partial charge in [-0.15, -0.1) is 15.3 Å². The molecule has 0 saturated heterocycles. The molecule has 2 aromatic carbocycles. The minimum absolute atomic E-state index is 0.00667. The van der Waals surface area contributed by atoms with Crippen LogP contribution >= 0.6 is 0 Å². The van der Waals surface area contributed by atoms with Crippen LogP contribution in [0.5, 0.6) is 11.5 Å². The molecule has 3 heterocycles. The van der Waals surface area contributed by atoms with Gasteiger partial charge in [0.2, 0.25) is 12.7 Å². The van der Waals surface area contributed by atoms with E-state index in [0.29, 0.717) is 29.6 Å². The number of nitrogens with one attached hydrogen (secondary N) is 2. The van der Waals surface area contributed by atoms with Crippen LogP contribution in [0.2, 0.25) is 0 Å². The van der Waals surface area contributed by atoms with Gasteiger partial charge in [0, 0.05) is 25.5 Å². The Labute approximate surface area is 186 Å². The number of anilines is 2. The largest absolute Gasteiger partial charge is 0.454 e. The number of hydrogen-bond acceptors (Lipinski definition) is 7. The summed E-state index contributed by atoms with van der Waals surface area (Å²) in [6, 6.07) is 12.1. The lowest BCUT2D eigenvalue weighted by atomic mass is 10.2. The summed E-state index contributed by atoms with van der Waals surface area (Å²) in [5, 5.41) is 18.2. The molecule has 0 atom stereocenters. The minimum atomic E-state index is -0.711. The first-order chi connectivity index (χ1) is 16.0. The van der Waals surface area contributed by atoms with Crippen molar-refractivity contribution in [3.05, 3.63) is 71.6 Å². The first kappa shape index (κ1) is 20.6. The molecule has 0 bridgehead atoms. The molecule has 1 aliphatic rings. The standard InChI is InChI=1S/C22H18F2N6O3/c23-14-2-3-15(24)16(10-14)26-22(31)8-7-21-28-27-20-6-5-19(29-30(20)21)25-11-13-1-4-17-18(9-13)33-12-32-17/h1-6,9-10H,7-8,11-12H2,(H,25,29)(H,26,31). The molecule has 11 heteroatoms. The van der Waals surface area contributed by atoms with Crippen molar-refractivity contribution >= 4 is 23.1 Å². The van der Waals surface area contributed by atoms with Crippen molar-refractivity contribution in [3.63, 3.8) is 0 Å². The van der Waals surface area contributed by atoms with Crippen LogP contribution in [-0.4, -0.2) is 32.5 Å². The Hall–Kier alpha value is -4.28. The molecule has 9 nitrogen and oxygen atoms in total. The van der Waals surface area contributed by atoms with Crippen LogP contribution in [0.4, 0.5) is 20.3 Å². The number of halogens is 2. The predicted octanol–water partition coefficient (Wildman–Crippen LogP) is 3.31. The third-order valence-corrected chi connectivity index (χ3v) is 5.02. The molecule has 0 spiro atoms. The molecule has 0 aliphatic carbocycles. The fourth-order valence-corrected chi connectivity index (χ4v) is 3.36. The number of benzene rings is 2. The van der Waals surface area contributed by atoms with E-state index in [4.69, 9.17) is 9.47 Å². The van der Waals surface area contributed by atoms with E-state index in [0.717, 1.165) is 29.5 Å². The second kappa shape index (κ2) is 8.69. The van der Waals surface area contributed by atoms with Gasteiger partial charge in [-0.2, -0.15) is 4.52 Å².